The molecular weight excluding hydrogens is 422 g/mol. The van der Waals surface area contributed by atoms with Gasteiger partial charge in [0.25, 0.3) is 0 Å². The number of nitrogens with two attached hydrogens (primary N) is 4. The van der Waals surface area contributed by atoms with E-state index in [0.29, 0.717) is 47.1 Å². The molecule has 2 aromatic carbocycles. The number of rotatable bonds is 8. The van der Waals surface area contributed by atoms with Gasteiger partial charge in [0, 0.05) is 37.3 Å². The number of amides is 1. The third-order valence-electron chi connectivity index (χ3n) is 5.41. The molecule has 0 aliphatic carbocycles. The molecule has 0 fully saturated rings. The van der Waals surface area contributed by atoms with Crippen LogP contribution in [0.25, 0.3) is 22.1 Å². The fourth-order valence-electron chi connectivity index (χ4n) is 3.66. The van der Waals surface area contributed by atoms with E-state index in [2.05, 4.69) is 20.6 Å². The number of anilines is 2. The minimum Gasteiger partial charge on any atom is -0.369 e. The smallest absolute Gasteiger partial charge is 0.248 e. The standard InChI is InChI=1S/C21H24N8O2.CH5N/c1-27(6-8-28-17-4-2-13(12-30)10-15(17)25-20(28)23)7-9-29-18-5-3-14(19(22)31)11-16(18)26-21(29)24;1-2/h2-5,10-12H,6-9H2,1H3,(H2,22,31)(H2,23,25)(H2,24,26);2H2,1H3. The van der Waals surface area contributed by atoms with Crippen molar-refractivity contribution < 1.29 is 9.59 Å². The molecule has 0 bridgehead atoms. The van der Waals surface area contributed by atoms with Crippen LogP contribution in [0.1, 0.15) is 20.7 Å². The number of benzene rings is 2. The van der Waals surface area contributed by atoms with Gasteiger partial charge >= 0.3 is 0 Å². The maximum Gasteiger partial charge on any atom is 0.248 e. The number of likely N-dealkylation sites (N-methyl/N-ethyl adjacent to an activating group) is 1. The van der Waals surface area contributed by atoms with Crippen LogP contribution in [-0.2, 0) is 13.1 Å². The van der Waals surface area contributed by atoms with Gasteiger partial charge in [-0.3, -0.25) is 9.59 Å². The number of imidazole rings is 2. The van der Waals surface area contributed by atoms with Crippen LogP contribution in [0.2, 0.25) is 0 Å². The fraction of sp³-hybridized carbons (Fsp3) is 0.273. The van der Waals surface area contributed by atoms with Crippen LogP contribution >= 0.6 is 0 Å². The Hall–Kier alpha value is -3.96. The highest BCUT2D eigenvalue weighted by atomic mass is 16.1. The number of fused-ring (bicyclic) bond motifs is 2. The lowest BCUT2D eigenvalue weighted by Crippen LogP contribution is -2.27. The monoisotopic (exact) mass is 451 g/mol. The van der Waals surface area contributed by atoms with Gasteiger partial charge in [-0.2, -0.15) is 0 Å². The van der Waals surface area contributed by atoms with Crippen LogP contribution in [0, 0.1) is 0 Å². The predicted molar refractivity (Wildman–Crippen MR) is 130 cm³/mol. The normalized spacial score (nSPS) is 11.0. The third kappa shape index (κ3) is 4.94. The number of nitrogen functional groups attached to an aromatic ring is 2. The maximum atomic E-state index is 11.4. The van der Waals surface area contributed by atoms with Crippen molar-refractivity contribution in [3.63, 3.8) is 0 Å². The molecular formula is C22H29N9O2. The van der Waals surface area contributed by atoms with Crippen LogP contribution in [0.3, 0.4) is 0 Å². The van der Waals surface area contributed by atoms with Gasteiger partial charge in [-0.1, -0.05) is 0 Å². The highest BCUT2D eigenvalue weighted by molar-refractivity contribution is 5.96. The molecule has 0 radical (unpaired) electrons. The molecule has 4 aromatic rings. The van der Waals surface area contributed by atoms with Crippen LogP contribution < -0.4 is 22.9 Å². The summed E-state index contributed by atoms with van der Waals surface area (Å²) >= 11 is 0. The zero-order valence-corrected chi connectivity index (χ0v) is 18.7. The minimum atomic E-state index is -0.497. The number of hydrogen-bond acceptors (Lipinski definition) is 8. The third-order valence-corrected chi connectivity index (χ3v) is 5.41. The molecule has 1 amide bonds. The van der Waals surface area contributed by atoms with Gasteiger partial charge < -0.3 is 37.0 Å². The lowest BCUT2D eigenvalue weighted by molar-refractivity contribution is 0.1000. The molecule has 174 valence electrons. The summed E-state index contributed by atoms with van der Waals surface area (Å²) in [6, 6.07) is 10.5. The van der Waals surface area contributed by atoms with Gasteiger partial charge in [-0.25, -0.2) is 9.97 Å². The van der Waals surface area contributed by atoms with Crippen molar-refractivity contribution in [3.8, 4) is 0 Å². The first-order valence-corrected chi connectivity index (χ1v) is 10.4. The van der Waals surface area contributed by atoms with E-state index in [4.69, 9.17) is 17.2 Å². The van der Waals surface area contributed by atoms with E-state index in [1.807, 2.05) is 28.3 Å². The van der Waals surface area contributed by atoms with E-state index in [9.17, 15) is 9.59 Å². The first-order valence-electron chi connectivity index (χ1n) is 10.4. The summed E-state index contributed by atoms with van der Waals surface area (Å²) in [6.07, 6.45) is 0.794. The van der Waals surface area contributed by atoms with Crippen molar-refractivity contribution in [2.24, 2.45) is 11.5 Å². The Bertz CT molecular complexity index is 1290. The predicted octanol–water partition coefficient (Wildman–Crippen LogP) is 0.669. The summed E-state index contributed by atoms with van der Waals surface area (Å²) in [5, 5.41) is 0. The average molecular weight is 452 g/mol. The van der Waals surface area contributed by atoms with Gasteiger partial charge in [0.1, 0.15) is 6.29 Å². The number of aromatic nitrogens is 4. The number of aldehydes is 1. The fourth-order valence-corrected chi connectivity index (χ4v) is 3.66. The average Bonchev–Trinajstić information content (AvgIpc) is 3.30. The number of nitrogens with zero attached hydrogens (tertiary/aromatic N) is 5. The Labute approximate surface area is 190 Å². The lowest BCUT2D eigenvalue weighted by Gasteiger charge is -2.18. The van der Waals surface area contributed by atoms with E-state index < -0.39 is 5.91 Å². The molecule has 4 rings (SSSR count). The summed E-state index contributed by atoms with van der Waals surface area (Å²) in [5.41, 5.74) is 26.1. The van der Waals surface area contributed by atoms with Crippen molar-refractivity contribution in [3.05, 3.63) is 47.5 Å². The molecule has 0 unspecified atom stereocenters. The molecule has 0 saturated carbocycles. The second kappa shape index (κ2) is 10.1. The number of carbonyl (C=O) groups excluding carboxylic acids is 2. The molecule has 8 N–H and O–H groups in total. The second-order valence-corrected chi connectivity index (χ2v) is 7.48. The minimum absolute atomic E-state index is 0.390. The van der Waals surface area contributed by atoms with Crippen LogP contribution in [0.15, 0.2) is 36.4 Å². The highest BCUT2D eigenvalue weighted by Crippen LogP contribution is 2.20. The topological polar surface area (TPSA) is 177 Å². The van der Waals surface area contributed by atoms with Crippen molar-refractivity contribution in [1.29, 1.82) is 0 Å². The first kappa shape index (κ1) is 23.7. The molecule has 0 aliphatic heterocycles. The van der Waals surface area contributed by atoms with E-state index in [1.54, 1.807) is 24.3 Å². The molecule has 2 aromatic heterocycles. The second-order valence-electron chi connectivity index (χ2n) is 7.48. The molecule has 0 atom stereocenters. The van der Waals surface area contributed by atoms with Crippen LogP contribution in [0.5, 0.6) is 0 Å². The van der Waals surface area contributed by atoms with Crippen LogP contribution in [-0.4, -0.2) is 63.4 Å². The van der Waals surface area contributed by atoms with Crippen LogP contribution in [0.4, 0.5) is 11.9 Å². The molecule has 11 heteroatoms. The SMILES string of the molecule is CN.CN(CCn1c(N)nc2cc(C=O)ccc21)CCn1c(N)nc2cc(C(N)=O)ccc21. The Morgan fingerprint density at radius 1 is 0.939 bits per heavy atom. The van der Waals surface area contributed by atoms with Crippen molar-refractivity contribution in [2.75, 3.05) is 38.7 Å². The molecule has 0 aliphatic rings. The summed E-state index contributed by atoms with van der Waals surface area (Å²) in [4.78, 5) is 33.2. The molecule has 11 nitrogen and oxygen atoms in total. The van der Waals surface area contributed by atoms with Crippen molar-refractivity contribution in [1.82, 2.24) is 24.0 Å². The Morgan fingerprint density at radius 2 is 1.45 bits per heavy atom. The van der Waals surface area contributed by atoms with Gasteiger partial charge in [-0.15, -0.1) is 0 Å². The van der Waals surface area contributed by atoms with E-state index in [-0.39, 0.29) is 0 Å². The number of primary amides is 1. The summed E-state index contributed by atoms with van der Waals surface area (Å²) in [7, 11) is 3.51. The van der Waals surface area contributed by atoms with E-state index in [0.717, 1.165) is 30.4 Å². The van der Waals surface area contributed by atoms with E-state index in [1.165, 1.54) is 7.05 Å². The zero-order chi connectivity index (χ0) is 24.1. The first-order chi connectivity index (χ1) is 15.9. The summed E-state index contributed by atoms with van der Waals surface area (Å²) < 4.78 is 3.85. The lowest BCUT2D eigenvalue weighted by atomic mass is 10.2. The number of hydrogen-bond donors (Lipinski definition) is 4. The van der Waals surface area contributed by atoms with Gasteiger partial charge in [-0.05, 0) is 50.5 Å². The molecule has 0 saturated heterocycles. The molecule has 2 heterocycles. The van der Waals surface area contributed by atoms with Crippen molar-refractivity contribution in [2.45, 2.75) is 13.1 Å². The highest BCUT2D eigenvalue weighted by Gasteiger charge is 2.13. The van der Waals surface area contributed by atoms with E-state index >= 15 is 0 Å². The Balaban J connectivity index is 0.00000149. The summed E-state index contributed by atoms with van der Waals surface area (Å²) in [6.45, 7) is 2.76. The maximum absolute atomic E-state index is 11.4. The zero-order valence-electron chi connectivity index (χ0n) is 18.7. The number of carbonyl (C=O) groups is 2. The Morgan fingerprint density at radius 3 is 1.97 bits per heavy atom. The largest absolute Gasteiger partial charge is 0.369 e. The van der Waals surface area contributed by atoms with Gasteiger partial charge in [0.2, 0.25) is 17.8 Å². The molecule has 0 spiro atoms. The molecule has 33 heavy (non-hydrogen) atoms. The van der Waals surface area contributed by atoms with Crippen molar-refractivity contribution >= 4 is 46.2 Å². The quantitative estimate of drug-likeness (QED) is 0.282. The van der Waals surface area contributed by atoms with Gasteiger partial charge in [0.05, 0.1) is 22.1 Å². The van der Waals surface area contributed by atoms with Gasteiger partial charge in [0.15, 0.2) is 0 Å². The summed E-state index contributed by atoms with van der Waals surface area (Å²) in [5.74, 6) is 0.311. The Kier molecular flexibility index (Phi) is 7.26.